The number of hydrogen-bond acceptors (Lipinski definition) is 4. The van der Waals surface area contributed by atoms with E-state index >= 15 is 0 Å². The Kier molecular flexibility index (Phi) is 6.04. The van der Waals surface area contributed by atoms with Crippen molar-refractivity contribution < 1.29 is 9.59 Å². The summed E-state index contributed by atoms with van der Waals surface area (Å²) in [6, 6.07) is 1.81. The van der Waals surface area contributed by atoms with Gasteiger partial charge in [0.15, 0.2) is 0 Å². The van der Waals surface area contributed by atoms with Gasteiger partial charge in [0.25, 0.3) is 0 Å². The van der Waals surface area contributed by atoms with Crippen molar-refractivity contribution in [2.75, 3.05) is 32.7 Å². The molecule has 94 valence electrons. The lowest BCUT2D eigenvalue weighted by Gasteiger charge is -2.26. The van der Waals surface area contributed by atoms with Crippen LogP contribution in [-0.4, -0.2) is 49.4 Å². The summed E-state index contributed by atoms with van der Waals surface area (Å²) in [4.78, 5) is 24.6. The minimum Gasteiger partial charge on any atom is -0.342 e. The van der Waals surface area contributed by atoms with E-state index in [1.54, 1.807) is 0 Å². The Hall–Kier alpha value is -1.61. The van der Waals surface area contributed by atoms with Crippen molar-refractivity contribution in [3.8, 4) is 6.07 Å². The third kappa shape index (κ3) is 5.31. The van der Waals surface area contributed by atoms with E-state index in [1.165, 1.54) is 6.42 Å². The summed E-state index contributed by atoms with van der Waals surface area (Å²) in [7, 11) is 0. The second-order valence-electron chi connectivity index (χ2n) is 3.98. The molecule has 0 bridgehead atoms. The minimum atomic E-state index is -0.266. The largest absolute Gasteiger partial charge is 0.342 e. The fraction of sp³-hybridized carbons (Fsp3) is 0.727. The van der Waals surface area contributed by atoms with E-state index in [1.807, 2.05) is 11.0 Å². The molecule has 2 amide bonds. The summed E-state index contributed by atoms with van der Waals surface area (Å²) in [6.45, 7) is 1.89. The highest BCUT2D eigenvalue weighted by atomic mass is 16.2. The highest BCUT2D eigenvalue weighted by Crippen LogP contribution is 2.07. The number of nitrogens with one attached hydrogen (secondary N) is 2. The number of rotatable bonds is 5. The first-order valence-electron chi connectivity index (χ1n) is 5.86. The molecule has 1 saturated heterocycles. The van der Waals surface area contributed by atoms with Crippen LogP contribution in [0, 0.1) is 11.3 Å². The molecule has 0 saturated carbocycles. The second-order valence-corrected chi connectivity index (χ2v) is 3.98. The number of hydrogen-bond donors (Lipinski definition) is 2. The molecule has 6 heteroatoms. The maximum Gasteiger partial charge on any atom is 0.236 e. The van der Waals surface area contributed by atoms with Gasteiger partial charge in [-0.25, -0.2) is 0 Å². The molecule has 0 atom stereocenters. The van der Waals surface area contributed by atoms with Crippen LogP contribution >= 0.6 is 0 Å². The molecule has 0 aromatic heterocycles. The zero-order valence-electron chi connectivity index (χ0n) is 9.87. The van der Waals surface area contributed by atoms with E-state index in [0.717, 1.165) is 25.9 Å². The fourth-order valence-corrected chi connectivity index (χ4v) is 1.74. The molecule has 1 aliphatic rings. The average Bonchev–Trinajstić information content (AvgIpc) is 2.37. The summed E-state index contributed by atoms with van der Waals surface area (Å²) in [5.74, 6) is -0.226. The van der Waals surface area contributed by atoms with E-state index in [4.69, 9.17) is 5.26 Å². The Bertz CT molecular complexity index is 305. The molecule has 0 aliphatic carbocycles. The molecular weight excluding hydrogens is 220 g/mol. The van der Waals surface area contributed by atoms with Gasteiger partial charge < -0.3 is 10.2 Å². The molecule has 2 N–H and O–H groups in total. The van der Waals surface area contributed by atoms with Crippen LogP contribution in [0.1, 0.15) is 19.3 Å². The molecule has 0 radical (unpaired) electrons. The fourth-order valence-electron chi connectivity index (χ4n) is 1.74. The van der Waals surface area contributed by atoms with Crippen molar-refractivity contribution in [1.82, 2.24) is 15.5 Å². The second kappa shape index (κ2) is 7.63. The number of nitrogens with zero attached hydrogens (tertiary/aromatic N) is 2. The summed E-state index contributed by atoms with van der Waals surface area (Å²) < 4.78 is 0. The van der Waals surface area contributed by atoms with Gasteiger partial charge in [0, 0.05) is 13.1 Å². The maximum absolute atomic E-state index is 11.7. The van der Waals surface area contributed by atoms with E-state index < -0.39 is 0 Å². The van der Waals surface area contributed by atoms with Gasteiger partial charge in [-0.2, -0.15) is 5.26 Å². The van der Waals surface area contributed by atoms with Crippen LogP contribution in [0.2, 0.25) is 0 Å². The van der Waals surface area contributed by atoms with E-state index in [2.05, 4.69) is 10.6 Å². The first-order chi connectivity index (χ1) is 8.24. The molecule has 17 heavy (non-hydrogen) atoms. The smallest absolute Gasteiger partial charge is 0.236 e. The quantitative estimate of drug-likeness (QED) is 0.616. The maximum atomic E-state index is 11.7. The van der Waals surface area contributed by atoms with Crippen LogP contribution < -0.4 is 10.6 Å². The van der Waals surface area contributed by atoms with Crippen molar-refractivity contribution in [3.05, 3.63) is 0 Å². The van der Waals surface area contributed by atoms with Gasteiger partial charge >= 0.3 is 0 Å². The summed E-state index contributed by atoms with van der Waals surface area (Å²) in [6.07, 6.45) is 3.32. The lowest BCUT2D eigenvalue weighted by molar-refractivity contribution is -0.131. The van der Waals surface area contributed by atoms with E-state index in [-0.39, 0.29) is 31.4 Å². The molecule has 1 rings (SSSR count). The molecule has 0 spiro atoms. The SMILES string of the molecule is N#CCNC(=O)CNCC(=O)N1CCCCC1. The molecule has 1 heterocycles. The van der Waals surface area contributed by atoms with Crippen LogP contribution in [0.4, 0.5) is 0 Å². The van der Waals surface area contributed by atoms with Gasteiger partial charge in [-0.1, -0.05) is 0 Å². The van der Waals surface area contributed by atoms with Gasteiger partial charge in [0.2, 0.25) is 11.8 Å². The molecule has 1 aliphatic heterocycles. The van der Waals surface area contributed by atoms with Crippen LogP contribution in [0.5, 0.6) is 0 Å². The Balaban J connectivity index is 2.11. The van der Waals surface area contributed by atoms with Gasteiger partial charge in [-0.05, 0) is 19.3 Å². The van der Waals surface area contributed by atoms with Crippen LogP contribution in [-0.2, 0) is 9.59 Å². The number of nitriles is 1. The predicted octanol–water partition coefficient (Wildman–Crippen LogP) is -0.772. The van der Waals surface area contributed by atoms with Crippen molar-refractivity contribution >= 4 is 11.8 Å². The predicted molar refractivity (Wildman–Crippen MR) is 61.9 cm³/mol. The third-order valence-corrected chi connectivity index (χ3v) is 2.64. The summed E-state index contributed by atoms with van der Waals surface area (Å²) in [5, 5.41) is 13.4. The topological polar surface area (TPSA) is 85.2 Å². The number of carbonyl (C=O) groups is 2. The highest BCUT2D eigenvalue weighted by molar-refractivity contribution is 5.81. The Labute approximate surface area is 101 Å². The van der Waals surface area contributed by atoms with Crippen LogP contribution in [0.3, 0.4) is 0 Å². The van der Waals surface area contributed by atoms with Crippen molar-refractivity contribution in [2.24, 2.45) is 0 Å². The number of piperidine rings is 1. The van der Waals surface area contributed by atoms with Crippen molar-refractivity contribution in [3.63, 3.8) is 0 Å². The Morgan fingerprint density at radius 1 is 1.18 bits per heavy atom. The van der Waals surface area contributed by atoms with Gasteiger partial charge in [0.05, 0.1) is 19.2 Å². The molecular formula is C11H18N4O2. The molecule has 0 aromatic carbocycles. The summed E-state index contributed by atoms with van der Waals surface area (Å²) in [5.41, 5.74) is 0. The van der Waals surface area contributed by atoms with Crippen molar-refractivity contribution in [1.29, 1.82) is 5.26 Å². The normalized spacial score (nSPS) is 15.1. The number of amides is 2. The summed E-state index contributed by atoms with van der Waals surface area (Å²) >= 11 is 0. The van der Waals surface area contributed by atoms with E-state index in [9.17, 15) is 9.59 Å². The third-order valence-electron chi connectivity index (χ3n) is 2.64. The van der Waals surface area contributed by atoms with E-state index in [0.29, 0.717) is 0 Å². The zero-order valence-corrected chi connectivity index (χ0v) is 9.87. The molecule has 6 nitrogen and oxygen atoms in total. The Morgan fingerprint density at radius 3 is 2.53 bits per heavy atom. The lowest BCUT2D eigenvalue weighted by atomic mass is 10.1. The first-order valence-corrected chi connectivity index (χ1v) is 5.86. The molecule has 0 unspecified atom stereocenters. The Morgan fingerprint density at radius 2 is 1.88 bits per heavy atom. The van der Waals surface area contributed by atoms with Crippen LogP contribution in [0.25, 0.3) is 0 Å². The number of likely N-dealkylation sites (tertiary alicyclic amines) is 1. The highest BCUT2D eigenvalue weighted by Gasteiger charge is 2.15. The van der Waals surface area contributed by atoms with Crippen LogP contribution in [0.15, 0.2) is 0 Å². The monoisotopic (exact) mass is 238 g/mol. The molecule has 1 fully saturated rings. The molecule has 0 aromatic rings. The zero-order chi connectivity index (χ0) is 12.5. The van der Waals surface area contributed by atoms with Crippen molar-refractivity contribution in [2.45, 2.75) is 19.3 Å². The number of carbonyl (C=O) groups excluding carboxylic acids is 2. The lowest BCUT2D eigenvalue weighted by Crippen LogP contribution is -2.43. The van der Waals surface area contributed by atoms with Gasteiger partial charge in [-0.15, -0.1) is 0 Å². The van der Waals surface area contributed by atoms with Gasteiger partial charge in [-0.3, -0.25) is 14.9 Å². The first kappa shape index (κ1) is 13.5. The minimum absolute atomic E-state index is 0.000580. The van der Waals surface area contributed by atoms with Gasteiger partial charge in [0.1, 0.15) is 6.54 Å². The standard InChI is InChI=1S/C11H18N4O2/c12-4-5-14-10(16)8-13-9-11(17)15-6-2-1-3-7-15/h13H,1-3,5-9H2,(H,14,16). The average molecular weight is 238 g/mol.